The number of aryl methyl sites for hydroxylation is 1. The Labute approximate surface area is 123 Å². The predicted octanol–water partition coefficient (Wildman–Crippen LogP) is 4.74. The first-order valence-corrected chi connectivity index (χ1v) is 6.83. The van der Waals surface area contributed by atoms with E-state index in [0.717, 1.165) is 22.3 Å². The summed E-state index contributed by atoms with van der Waals surface area (Å²) >= 11 is 0. The molecule has 0 heterocycles. The van der Waals surface area contributed by atoms with Crippen LogP contribution in [0.15, 0.2) is 66.7 Å². The third-order valence-corrected chi connectivity index (χ3v) is 3.61. The van der Waals surface area contributed by atoms with E-state index in [-0.39, 0.29) is 11.5 Å². The second-order valence-electron chi connectivity index (χ2n) is 5.12. The molecule has 0 unspecified atom stereocenters. The number of benzene rings is 3. The van der Waals surface area contributed by atoms with Crippen LogP contribution in [0.2, 0.25) is 0 Å². The van der Waals surface area contributed by atoms with Crippen molar-refractivity contribution in [2.45, 2.75) is 6.92 Å². The molecule has 21 heavy (non-hydrogen) atoms. The topological polar surface area (TPSA) is 40.5 Å². The maximum absolute atomic E-state index is 9.37. The van der Waals surface area contributed by atoms with Gasteiger partial charge >= 0.3 is 0 Å². The first-order chi connectivity index (χ1) is 10.1. The van der Waals surface area contributed by atoms with Crippen LogP contribution in [0.25, 0.3) is 22.3 Å². The summed E-state index contributed by atoms with van der Waals surface area (Å²) in [6, 6.07) is 20.7. The number of phenols is 2. The van der Waals surface area contributed by atoms with Gasteiger partial charge in [-0.15, -0.1) is 0 Å². The van der Waals surface area contributed by atoms with Crippen molar-refractivity contribution in [3.63, 3.8) is 0 Å². The van der Waals surface area contributed by atoms with Crippen LogP contribution in [0, 0.1) is 6.92 Å². The fraction of sp³-hybridized carbons (Fsp3) is 0.0526. The molecule has 104 valence electrons. The highest BCUT2D eigenvalue weighted by Gasteiger charge is 2.05. The zero-order valence-corrected chi connectivity index (χ0v) is 11.7. The van der Waals surface area contributed by atoms with Gasteiger partial charge in [0, 0.05) is 0 Å². The number of phenolic OH excluding ortho intramolecular Hbond substituents is 2. The summed E-state index contributed by atoms with van der Waals surface area (Å²) < 4.78 is 0. The average Bonchev–Trinajstić information content (AvgIpc) is 2.49. The lowest BCUT2D eigenvalue weighted by molar-refractivity contribution is 0.475. The first-order valence-electron chi connectivity index (χ1n) is 6.83. The standard InChI is InChI=1S/C19H16O2/c1-13-12-16(14-2-7-17(20)8-3-14)6-11-19(13)15-4-9-18(21)10-5-15/h2-12,20-21H,1H3. The lowest BCUT2D eigenvalue weighted by atomic mass is 9.96. The summed E-state index contributed by atoms with van der Waals surface area (Å²) in [5, 5.41) is 18.7. The van der Waals surface area contributed by atoms with Crippen molar-refractivity contribution in [3.05, 3.63) is 72.3 Å². The molecule has 0 aromatic heterocycles. The molecule has 3 aromatic rings. The van der Waals surface area contributed by atoms with Crippen molar-refractivity contribution in [1.29, 1.82) is 0 Å². The minimum atomic E-state index is 0.274. The Morgan fingerprint density at radius 3 is 1.57 bits per heavy atom. The Hall–Kier alpha value is -2.74. The van der Waals surface area contributed by atoms with E-state index in [4.69, 9.17) is 0 Å². The van der Waals surface area contributed by atoms with Crippen molar-refractivity contribution < 1.29 is 10.2 Å². The average molecular weight is 276 g/mol. The highest BCUT2D eigenvalue weighted by Crippen LogP contribution is 2.30. The van der Waals surface area contributed by atoms with E-state index >= 15 is 0 Å². The molecule has 0 bridgehead atoms. The molecule has 0 amide bonds. The summed E-state index contributed by atoms with van der Waals surface area (Å²) in [4.78, 5) is 0. The Balaban J connectivity index is 1.99. The second kappa shape index (κ2) is 5.33. The van der Waals surface area contributed by atoms with Crippen molar-refractivity contribution >= 4 is 0 Å². The molecule has 0 saturated carbocycles. The maximum Gasteiger partial charge on any atom is 0.115 e. The Morgan fingerprint density at radius 2 is 1.05 bits per heavy atom. The van der Waals surface area contributed by atoms with E-state index in [9.17, 15) is 10.2 Å². The molecule has 2 heteroatoms. The lowest BCUT2D eigenvalue weighted by Crippen LogP contribution is -1.85. The van der Waals surface area contributed by atoms with Gasteiger partial charge in [0.25, 0.3) is 0 Å². The molecule has 0 aliphatic carbocycles. The monoisotopic (exact) mass is 276 g/mol. The molecule has 0 spiro atoms. The van der Waals surface area contributed by atoms with Crippen LogP contribution >= 0.6 is 0 Å². The van der Waals surface area contributed by atoms with Gasteiger partial charge < -0.3 is 10.2 Å². The van der Waals surface area contributed by atoms with Crippen LogP contribution in [0.3, 0.4) is 0 Å². The van der Waals surface area contributed by atoms with Crippen LogP contribution in [0.1, 0.15) is 5.56 Å². The second-order valence-corrected chi connectivity index (χ2v) is 5.12. The molecular weight excluding hydrogens is 260 g/mol. The van der Waals surface area contributed by atoms with Crippen LogP contribution in [-0.2, 0) is 0 Å². The molecule has 2 nitrogen and oxygen atoms in total. The molecule has 0 aliphatic rings. The predicted molar refractivity (Wildman–Crippen MR) is 85.4 cm³/mol. The van der Waals surface area contributed by atoms with Crippen molar-refractivity contribution in [3.8, 4) is 33.8 Å². The van der Waals surface area contributed by atoms with Gasteiger partial charge in [-0.1, -0.05) is 42.5 Å². The minimum Gasteiger partial charge on any atom is -0.508 e. The molecule has 0 fully saturated rings. The van der Waals surface area contributed by atoms with E-state index in [1.54, 1.807) is 24.3 Å². The third kappa shape index (κ3) is 2.75. The van der Waals surface area contributed by atoms with E-state index in [2.05, 4.69) is 25.1 Å². The molecule has 3 aromatic carbocycles. The van der Waals surface area contributed by atoms with Crippen molar-refractivity contribution in [2.24, 2.45) is 0 Å². The highest BCUT2D eigenvalue weighted by molar-refractivity contribution is 5.74. The number of aromatic hydroxyl groups is 2. The van der Waals surface area contributed by atoms with E-state index in [0.29, 0.717) is 0 Å². The number of hydrogen-bond acceptors (Lipinski definition) is 2. The van der Waals surface area contributed by atoms with Gasteiger partial charge in [0.1, 0.15) is 11.5 Å². The normalized spacial score (nSPS) is 10.5. The Morgan fingerprint density at radius 1 is 0.571 bits per heavy atom. The van der Waals surface area contributed by atoms with Gasteiger partial charge in [0.15, 0.2) is 0 Å². The lowest BCUT2D eigenvalue weighted by Gasteiger charge is -2.09. The van der Waals surface area contributed by atoms with Gasteiger partial charge in [-0.3, -0.25) is 0 Å². The van der Waals surface area contributed by atoms with Gasteiger partial charge in [0.05, 0.1) is 0 Å². The summed E-state index contributed by atoms with van der Waals surface area (Å²) in [5.74, 6) is 0.549. The number of rotatable bonds is 2. The van der Waals surface area contributed by atoms with Gasteiger partial charge in [0.2, 0.25) is 0 Å². The number of hydrogen-bond donors (Lipinski definition) is 2. The summed E-state index contributed by atoms with van der Waals surface area (Å²) in [7, 11) is 0. The maximum atomic E-state index is 9.37. The van der Waals surface area contributed by atoms with Gasteiger partial charge in [-0.05, 0) is 59.0 Å². The highest BCUT2D eigenvalue weighted by atomic mass is 16.3. The Bertz CT molecular complexity index is 757. The van der Waals surface area contributed by atoms with Crippen LogP contribution < -0.4 is 0 Å². The van der Waals surface area contributed by atoms with Crippen molar-refractivity contribution in [2.75, 3.05) is 0 Å². The van der Waals surface area contributed by atoms with Gasteiger partial charge in [-0.2, -0.15) is 0 Å². The smallest absolute Gasteiger partial charge is 0.115 e. The van der Waals surface area contributed by atoms with Crippen molar-refractivity contribution in [1.82, 2.24) is 0 Å². The molecule has 0 radical (unpaired) electrons. The fourth-order valence-corrected chi connectivity index (χ4v) is 2.46. The summed E-state index contributed by atoms with van der Waals surface area (Å²) in [5.41, 5.74) is 5.61. The van der Waals surface area contributed by atoms with E-state index in [1.807, 2.05) is 24.3 Å². The summed E-state index contributed by atoms with van der Waals surface area (Å²) in [6.07, 6.45) is 0. The largest absolute Gasteiger partial charge is 0.508 e. The SMILES string of the molecule is Cc1cc(-c2ccc(O)cc2)ccc1-c1ccc(O)cc1. The zero-order chi connectivity index (χ0) is 14.8. The van der Waals surface area contributed by atoms with Crippen LogP contribution in [-0.4, -0.2) is 10.2 Å². The minimum absolute atomic E-state index is 0.274. The fourth-order valence-electron chi connectivity index (χ4n) is 2.46. The van der Waals surface area contributed by atoms with E-state index < -0.39 is 0 Å². The molecule has 0 atom stereocenters. The first kappa shape index (κ1) is 13.3. The van der Waals surface area contributed by atoms with Crippen LogP contribution in [0.5, 0.6) is 11.5 Å². The molecule has 3 rings (SSSR count). The zero-order valence-electron chi connectivity index (χ0n) is 11.7. The van der Waals surface area contributed by atoms with E-state index in [1.165, 1.54) is 5.56 Å². The molecule has 0 saturated heterocycles. The molecule has 2 N–H and O–H groups in total. The molecular formula is C19H16O2. The van der Waals surface area contributed by atoms with Gasteiger partial charge in [-0.25, -0.2) is 0 Å². The Kier molecular flexibility index (Phi) is 3.36. The third-order valence-electron chi connectivity index (χ3n) is 3.61. The van der Waals surface area contributed by atoms with Crippen LogP contribution in [0.4, 0.5) is 0 Å². The molecule has 0 aliphatic heterocycles. The summed E-state index contributed by atoms with van der Waals surface area (Å²) in [6.45, 7) is 2.08. The quantitative estimate of drug-likeness (QED) is 0.709.